The lowest BCUT2D eigenvalue weighted by Crippen LogP contribution is -2.49. The molecular weight excluding hydrogens is 574 g/mol. The van der Waals surface area contributed by atoms with E-state index in [-0.39, 0.29) is 18.9 Å². The molecule has 0 aromatic heterocycles. The molecule has 1 amide bonds. The number of rotatable bonds is 11. The van der Waals surface area contributed by atoms with Crippen LogP contribution in [0.25, 0.3) is 0 Å². The number of carboxylic acids is 3. The van der Waals surface area contributed by atoms with Crippen molar-refractivity contribution >= 4 is 29.5 Å². The minimum atomic E-state index is -1.26. The van der Waals surface area contributed by atoms with E-state index in [2.05, 4.69) is 70.7 Å². The Balaban J connectivity index is 0.000000510. The average Bonchev–Trinajstić information content (AvgIpc) is 3.32. The van der Waals surface area contributed by atoms with E-state index in [1.54, 1.807) is 0 Å². The van der Waals surface area contributed by atoms with Crippen molar-refractivity contribution in [1.29, 1.82) is 0 Å². The first-order chi connectivity index (χ1) is 21.7. The number of benzene rings is 3. The lowest BCUT2D eigenvalue weighted by molar-refractivity contribution is -0.141. The molecule has 0 saturated carbocycles. The van der Waals surface area contributed by atoms with E-state index in [0.29, 0.717) is 30.9 Å². The van der Waals surface area contributed by atoms with Gasteiger partial charge in [0.15, 0.2) is 0 Å². The highest BCUT2D eigenvalue weighted by Gasteiger charge is 2.52. The zero-order valence-corrected chi connectivity index (χ0v) is 24.9. The van der Waals surface area contributed by atoms with Gasteiger partial charge in [-0.2, -0.15) is 5.10 Å². The number of hydrazone groups is 1. The van der Waals surface area contributed by atoms with Crippen LogP contribution in [0.5, 0.6) is 0 Å². The Morgan fingerprint density at radius 1 is 0.756 bits per heavy atom. The quantitative estimate of drug-likeness (QED) is 0.264. The number of carbonyl (C=O) groups is 4. The predicted octanol–water partition coefficient (Wildman–Crippen LogP) is 4.72. The molecule has 1 spiro atoms. The maximum atomic E-state index is 13.6. The van der Waals surface area contributed by atoms with E-state index in [4.69, 9.17) is 15.3 Å². The number of piperidine rings is 1. The normalized spacial score (nSPS) is 16.0. The number of hydrogen-bond acceptors (Lipinski definition) is 6. The van der Waals surface area contributed by atoms with E-state index < -0.39 is 23.3 Å². The lowest BCUT2D eigenvalue weighted by Gasteiger charge is -2.39. The first-order valence-corrected chi connectivity index (χ1v) is 14.8. The van der Waals surface area contributed by atoms with Crippen molar-refractivity contribution in [3.05, 3.63) is 120 Å². The summed E-state index contributed by atoms with van der Waals surface area (Å²) in [7, 11) is 0. The van der Waals surface area contributed by atoms with Gasteiger partial charge in [-0.15, -0.1) is 0 Å². The molecule has 3 aromatic carbocycles. The van der Waals surface area contributed by atoms with Gasteiger partial charge in [0.25, 0.3) is 5.91 Å². The molecule has 1 saturated heterocycles. The van der Waals surface area contributed by atoms with E-state index >= 15 is 0 Å². The average molecular weight is 612 g/mol. The zero-order chi connectivity index (χ0) is 32.2. The summed E-state index contributed by atoms with van der Waals surface area (Å²) in [4.78, 5) is 46.4. The highest BCUT2D eigenvalue weighted by Crippen LogP contribution is 2.42. The zero-order valence-electron chi connectivity index (χ0n) is 24.9. The molecule has 0 unspecified atom stereocenters. The predicted molar refractivity (Wildman–Crippen MR) is 169 cm³/mol. The van der Waals surface area contributed by atoms with Gasteiger partial charge in [-0.05, 0) is 55.6 Å². The van der Waals surface area contributed by atoms with Gasteiger partial charge in [0.05, 0.1) is 24.1 Å². The Morgan fingerprint density at radius 2 is 1.24 bits per heavy atom. The van der Waals surface area contributed by atoms with Crippen LogP contribution in [-0.2, 0) is 19.2 Å². The second-order valence-corrected chi connectivity index (χ2v) is 11.0. The van der Waals surface area contributed by atoms with Gasteiger partial charge in [0.1, 0.15) is 0 Å². The molecule has 0 radical (unpaired) electrons. The van der Waals surface area contributed by atoms with Crippen molar-refractivity contribution in [2.24, 2.45) is 10.5 Å². The number of carbonyl (C=O) groups excluding carboxylic acids is 1. The van der Waals surface area contributed by atoms with Crippen LogP contribution in [-0.4, -0.2) is 80.9 Å². The highest BCUT2D eigenvalue weighted by atomic mass is 16.4. The minimum absolute atomic E-state index is 0.0568. The first kappa shape index (κ1) is 32.8. The van der Waals surface area contributed by atoms with Crippen molar-refractivity contribution in [2.75, 3.05) is 26.2 Å². The molecule has 0 atom stereocenters. The molecule has 2 aliphatic rings. The Kier molecular flexibility index (Phi) is 11.4. The molecule has 5 rings (SSSR count). The third-order valence-corrected chi connectivity index (χ3v) is 8.12. The number of amides is 1. The van der Waals surface area contributed by atoms with Crippen LogP contribution in [0.2, 0.25) is 0 Å². The van der Waals surface area contributed by atoms with Crippen LogP contribution in [0.3, 0.4) is 0 Å². The summed E-state index contributed by atoms with van der Waals surface area (Å²) in [5.74, 6) is -3.18. The third-order valence-electron chi connectivity index (χ3n) is 8.12. The fourth-order valence-electron chi connectivity index (χ4n) is 5.85. The van der Waals surface area contributed by atoms with Crippen molar-refractivity contribution < 1.29 is 34.5 Å². The van der Waals surface area contributed by atoms with Crippen LogP contribution in [0.1, 0.15) is 48.3 Å². The van der Waals surface area contributed by atoms with Gasteiger partial charge in [-0.1, -0.05) is 91.0 Å². The summed E-state index contributed by atoms with van der Waals surface area (Å²) in [5, 5.41) is 30.9. The molecule has 45 heavy (non-hydrogen) atoms. The van der Waals surface area contributed by atoms with Gasteiger partial charge in [-0.3, -0.25) is 9.59 Å². The van der Waals surface area contributed by atoms with Crippen molar-refractivity contribution in [3.8, 4) is 0 Å². The van der Waals surface area contributed by atoms with Crippen LogP contribution < -0.4 is 0 Å². The Morgan fingerprint density at radius 3 is 1.71 bits per heavy atom. The van der Waals surface area contributed by atoms with E-state index in [9.17, 15) is 19.2 Å². The number of likely N-dealkylation sites (tertiary alicyclic amines) is 1. The second-order valence-electron chi connectivity index (χ2n) is 11.0. The van der Waals surface area contributed by atoms with E-state index in [1.165, 1.54) is 16.1 Å². The van der Waals surface area contributed by atoms with Crippen molar-refractivity contribution in [3.63, 3.8) is 0 Å². The molecule has 3 aromatic rings. The summed E-state index contributed by atoms with van der Waals surface area (Å²) in [6.45, 7) is 2.66. The fourth-order valence-corrected chi connectivity index (χ4v) is 5.85. The number of nitrogens with zero attached hydrogens (tertiary/aromatic N) is 3. The van der Waals surface area contributed by atoms with Crippen LogP contribution in [0.15, 0.2) is 108 Å². The number of aliphatic carboxylic acids is 3. The summed E-state index contributed by atoms with van der Waals surface area (Å²) in [5.41, 5.74) is 3.68. The van der Waals surface area contributed by atoms with E-state index in [1.807, 2.05) is 30.3 Å². The number of hydrogen-bond donors (Lipinski definition) is 3. The third kappa shape index (κ3) is 8.73. The lowest BCUT2D eigenvalue weighted by atomic mass is 9.72. The molecule has 2 aliphatic heterocycles. The molecule has 10 nitrogen and oxygen atoms in total. The van der Waals surface area contributed by atoms with Crippen molar-refractivity contribution in [2.45, 2.75) is 31.6 Å². The largest absolute Gasteiger partial charge is 0.481 e. The maximum Gasteiger partial charge on any atom is 0.328 e. The molecule has 2 heterocycles. The first-order valence-electron chi connectivity index (χ1n) is 14.8. The Labute approximate surface area is 261 Å². The topological polar surface area (TPSA) is 148 Å². The molecule has 3 N–H and O–H groups in total. The van der Waals surface area contributed by atoms with Gasteiger partial charge in [0.2, 0.25) is 0 Å². The smallest absolute Gasteiger partial charge is 0.328 e. The van der Waals surface area contributed by atoms with Gasteiger partial charge in [-0.25, -0.2) is 14.6 Å². The summed E-state index contributed by atoms with van der Waals surface area (Å²) < 4.78 is 0. The van der Waals surface area contributed by atoms with Gasteiger partial charge in [0, 0.05) is 18.1 Å². The molecule has 10 heteroatoms. The monoisotopic (exact) mass is 611 g/mol. The number of carboxylic acid groups (broad SMARTS) is 3. The standard InChI is InChI=1S/C31H33N3O3.C4H4O4/c35-28(36)17-21-34-30(37)31(29(32-34)26-14-8-3-9-15-26)18-22-33(23-19-31)20-16-27(24-10-4-1-5-11-24)25-12-6-2-7-13-25;5-3(6)1-2-4(7)8/h1-15,27H,16-23H2,(H,35,36);1-2H,(H,5,6)(H,7,8)/b;2-1+. The van der Waals surface area contributed by atoms with Gasteiger partial charge < -0.3 is 20.2 Å². The van der Waals surface area contributed by atoms with Crippen molar-refractivity contribution in [1.82, 2.24) is 9.91 Å². The Bertz CT molecular complexity index is 1460. The van der Waals surface area contributed by atoms with E-state index in [0.717, 1.165) is 37.3 Å². The second kappa shape index (κ2) is 15.6. The van der Waals surface area contributed by atoms with Crippen LogP contribution in [0, 0.1) is 5.41 Å². The SMILES string of the molecule is O=C(O)/C=C/C(=O)O.O=C(O)CCN1N=C(c2ccccc2)C2(CCN(CCC(c3ccccc3)c3ccccc3)CC2)C1=O. The van der Waals surface area contributed by atoms with Gasteiger partial charge >= 0.3 is 17.9 Å². The minimum Gasteiger partial charge on any atom is -0.481 e. The molecule has 234 valence electrons. The van der Waals surface area contributed by atoms with Crippen LogP contribution in [0.4, 0.5) is 0 Å². The van der Waals surface area contributed by atoms with Crippen LogP contribution >= 0.6 is 0 Å². The summed E-state index contributed by atoms with van der Waals surface area (Å²) >= 11 is 0. The Hall–Kier alpha value is -5.09. The summed E-state index contributed by atoms with van der Waals surface area (Å²) in [6.07, 6.45) is 3.37. The molecule has 1 fully saturated rings. The molecule has 0 aliphatic carbocycles. The highest BCUT2D eigenvalue weighted by molar-refractivity contribution is 6.19. The maximum absolute atomic E-state index is 13.6. The fraction of sp³-hybridized carbons (Fsp3) is 0.286. The molecule has 0 bridgehead atoms. The summed E-state index contributed by atoms with van der Waals surface area (Å²) in [6, 6.07) is 31.2. The molecular formula is C35H37N3O7.